The Labute approximate surface area is 223 Å². The number of phenols is 3. The van der Waals surface area contributed by atoms with Gasteiger partial charge in [0.2, 0.25) is 11.6 Å². The fourth-order valence-corrected chi connectivity index (χ4v) is 5.80. The Morgan fingerprint density at radius 1 is 1.08 bits per heavy atom. The molecule has 210 valence electrons. The molecule has 2 aromatic rings. The van der Waals surface area contributed by atoms with E-state index in [2.05, 4.69) is 0 Å². The van der Waals surface area contributed by atoms with E-state index in [1.54, 1.807) is 6.92 Å². The van der Waals surface area contributed by atoms with Crippen molar-refractivity contribution in [3.63, 3.8) is 0 Å². The standard InChI is InChI=1S/C27H31NO11/c1-9-22(31)12(28)6-16(38-9)39-15-8-27(36,10(2)29)7-11-17(15)24(33)21-20(23(11)32)25(34)18-13(30)4-5-14(37-3)19(18)26(21)35/h4-5,9-10,12,15-16,22,29-33,36H,6-8,28H2,1-3H3/t9-,10?,12-,15?,16-,22+,27?/m0/s1. The highest BCUT2D eigenvalue weighted by Crippen LogP contribution is 2.53. The number of benzene rings is 2. The van der Waals surface area contributed by atoms with Gasteiger partial charge in [0, 0.05) is 36.4 Å². The van der Waals surface area contributed by atoms with E-state index in [9.17, 15) is 40.2 Å². The summed E-state index contributed by atoms with van der Waals surface area (Å²) in [5.74, 6) is -3.68. The van der Waals surface area contributed by atoms with Crippen LogP contribution < -0.4 is 10.5 Å². The number of hydrogen-bond acceptors (Lipinski definition) is 12. The molecular formula is C27H31NO11. The lowest BCUT2D eigenvalue weighted by Crippen LogP contribution is -2.53. The Morgan fingerprint density at radius 2 is 1.72 bits per heavy atom. The van der Waals surface area contributed by atoms with E-state index in [-0.39, 0.29) is 41.7 Å². The van der Waals surface area contributed by atoms with Crippen LogP contribution in [0.15, 0.2) is 12.1 Å². The molecule has 1 aliphatic heterocycles. The van der Waals surface area contributed by atoms with Gasteiger partial charge in [0.25, 0.3) is 0 Å². The third kappa shape index (κ3) is 4.06. The molecule has 39 heavy (non-hydrogen) atoms. The second-order valence-electron chi connectivity index (χ2n) is 10.5. The first-order chi connectivity index (χ1) is 18.3. The van der Waals surface area contributed by atoms with Crippen LogP contribution in [0.25, 0.3) is 0 Å². The van der Waals surface area contributed by atoms with Crippen molar-refractivity contribution in [3.05, 3.63) is 45.5 Å². The Bertz CT molecular complexity index is 1360. The lowest BCUT2D eigenvalue weighted by molar-refractivity contribution is -0.250. The predicted molar refractivity (Wildman–Crippen MR) is 133 cm³/mol. The van der Waals surface area contributed by atoms with Crippen LogP contribution in [-0.4, -0.2) is 85.6 Å². The number of ether oxygens (including phenoxy) is 3. The number of aromatic hydroxyl groups is 3. The van der Waals surface area contributed by atoms with Gasteiger partial charge in [-0.3, -0.25) is 9.59 Å². The molecule has 12 heteroatoms. The number of aliphatic hydroxyl groups is 3. The van der Waals surface area contributed by atoms with E-state index < -0.39 is 87.9 Å². The van der Waals surface area contributed by atoms with Gasteiger partial charge in [-0.25, -0.2) is 0 Å². The zero-order chi connectivity index (χ0) is 28.5. The van der Waals surface area contributed by atoms with E-state index >= 15 is 0 Å². The molecular weight excluding hydrogens is 514 g/mol. The maximum absolute atomic E-state index is 13.7. The van der Waals surface area contributed by atoms with Crippen molar-refractivity contribution in [2.45, 2.75) is 75.5 Å². The molecule has 3 aliphatic rings. The van der Waals surface area contributed by atoms with Crippen molar-refractivity contribution in [3.8, 4) is 23.0 Å². The number of methoxy groups -OCH3 is 1. The molecule has 2 aromatic carbocycles. The number of fused-ring (bicyclic) bond motifs is 3. The van der Waals surface area contributed by atoms with Gasteiger partial charge in [0.1, 0.15) is 23.0 Å². The van der Waals surface area contributed by atoms with Crippen LogP contribution in [0.4, 0.5) is 0 Å². The first-order valence-electron chi connectivity index (χ1n) is 12.6. The topological polar surface area (TPSA) is 209 Å². The van der Waals surface area contributed by atoms with Crippen molar-refractivity contribution >= 4 is 11.6 Å². The monoisotopic (exact) mass is 545 g/mol. The lowest BCUT2D eigenvalue weighted by atomic mass is 9.71. The SMILES string of the molecule is COc1ccc(O)c2c1C(=O)c1c(O)c3c(c(O)c1C2=O)CC(O)(C(C)O)CC3O[C@H]1C[C@H](N)[C@H](O)[C@H](C)O1. The van der Waals surface area contributed by atoms with Gasteiger partial charge in [-0.1, -0.05) is 0 Å². The van der Waals surface area contributed by atoms with Gasteiger partial charge in [-0.05, 0) is 26.0 Å². The summed E-state index contributed by atoms with van der Waals surface area (Å²) in [6.07, 6.45) is -5.78. The normalized spacial score (nSPS) is 30.8. The first-order valence-corrected chi connectivity index (χ1v) is 12.6. The molecule has 1 fully saturated rings. The highest BCUT2D eigenvalue weighted by atomic mass is 16.7. The van der Waals surface area contributed by atoms with Crippen LogP contribution in [0.2, 0.25) is 0 Å². The van der Waals surface area contributed by atoms with E-state index in [1.807, 2.05) is 0 Å². The lowest BCUT2D eigenvalue weighted by Gasteiger charge is -2.43. The van der Waals surface area contributed by atoms with Crippen molar-refractivity contribution in [2.75, 3.05) is 7.11 Å². The zero-order valence-corrected chi connectivity index (χ0v) is 21.5. The number of aliphatic hydroxyl groups excluding tert-OH is 2. The van der Waals surface area contributed by atoms with E-state index in [0.29, 0.717) is 0 Å². The molecule has 1 heterocycles. The molecule has 0 amide bonds. The number of nitrogens with two attached hydrogens (primary N) is 1. The Balaban J connectivity index is 1.69. The predicted octanol–water partition coefficient (Wildman–Crippen LogP) is 0.526. The molecule has 0 spiro atoms. The Kier molecular flexibility index (Phi) is 6.61. The quantitative estimate of drug-likeness (QED) is 0.224. The molecule has 8 N–H and O–H groups in total. The summed E-state index contributed by atoms with van der Waals surface area (Å²) in [6.45, 7) is 2.95. The number of carbonyl (C=O) groups is 2. The molecule has 0 bridgehead atoms. The molecule has 5 rings (SSSR count). The molecule has 0 aromatic heterocycles. The average molecular weight is 546 g/mol. The summed E-state index contributed by atoms with van der Waals surface area (Å²) in [5, 5.41) is 65.1. The second-order valence-corrected chi connectivity index (χ2v) is 10.5. The summed E-state index contributed by atoms with van der Waals surface area (Å²) in [4.78, 5) is 27.2. The third-order valence-corrected chi connectivity index (χ3v) is 8.05. The van der Waals surface area contributed by atoms with Crippen LogP contribution in [0, 0.1) is 0 Å². The molecule has 2 aliphatic carbocycles. The van der Waals surface area contributed by atoms with Gasteiger partial charge in [-0.15, -0.1) is 0 Å². The van der Waals surface area contributed by atoms with Crippen molar-refractivity contribution in [1.29, 1.82) is 0 Å². The van der Waals surface area contributed by atoms with Crippen LogP contribution in [0.5, 0.6) is 23.0 Å². The number of carbonyl (C=O) groups excluding carboxylic acids is 2. The van der Waals surface area contributed by atoms with Crippen LogP contribution in [-0.2, 0) is 15.9 Å². The van der Waals surface area contributed by atoms with Crippen molar-refractivity contribution in [2.24, 2.45) is 5.73 Å². The van der Waals surface area contributed by atoms with Gasteiger partial charge in [0.05, 0.1) is 59.4 Å². The molecule has 7 atom stereocenters. The summed E-state index contributed by atoms with van der Waals surface area (Å²) in [7, 11) is 1.28. The maximum Gasteiger partial charge on any atom is 0.202 e. The van der Waals surface area contributed by atoms with Gasteiger partial charge in [0.15, 0.2) is 6.29 Å². The zero-order valence-electron chi connectivity index (χ0n) is 21.5. The molecule has 12 nitrogen and oxygen atoms in total. The van der Waals surface area contributed by atoms with E-state index in [0.717, 1.165) is 0 Å². The number of ketones is 2. The first kappa shape index (κ1) is 27.3. The molecule has 3 unspecified atom stereocenters. The maximum atomic E-state index is 13.7. The van der Waals surface area contributed by atoms with E-state index in [1.165, 1.54) is 26.2 Å². The van der Waals surface area contributed by atoms with Gasteiger partial charge < -0.3 is 50.6 Å². The fraction of sp³-hybridized carbons (Fsp3) is 0.481. The smallest absolute Gasteiger partial charge is 0.202 e. The third-order valence-electron chi connectivity index (χ3n) is 8.05. The minimum Gasteiger partial charge on any atom is -0.507 e. The van der Waals surface area contributed by atoms with Gasteiger partial charge in [-0.2, -0.15) is 0 Å². The minimum absolute atomic E-state index is 0.0168. The molecule has 0 radical (unpaired) electrons. The number of rotatable bonds is 4. The van der Waals surface area contributed by atoms with Gasteiger partial charge >= 0.3 is 0 Å². The number of hydrogen-bond donors (Lipinski definition) is 7. The van der Waals surface area contributed by atoms with Crippen LogP contribution in [0.1, 0.15) is 75.8 Å². The largest absolute Gasteiger partial charge is 0.507 e. The minimum atomic E-state index is -1.86. The van der Waals surface area contributed by atoms with Crippen molar-refractivity contribution < 1.29 is 54.4 Å². The summed E-state index contributed by atoms with van der Waals surface area (Å²) >= 11 is 0. The summed E-state index contributed by atoms with van der Waals surface area (Å²) in [6, 6.07) is 1.78. The Morgan fingerprint density at radius 3 is 2.33 bits per heavy atom. The molecule has 1 saturated heterocycles. The highest BCUT2D eigenvalue weighted by Gasteiger charge is 2.49. The Hall–Kier alpha value is -3.26. The average Bonchev–Trinajstić information content (AvgIpc) is 2.87. The second kappa shape index (κ2) is 9.44. The van der Waals surface area contributed by atoms with Crippen LogP contribution in [0.3, 0.4) is 0 Å². The van der Waals surface area contributed by atoms with E-state index in [4.69, 9.17) is 19.9 Å². The van der Waals surface area contributed by atoms with Crippen LogP contribution >= 0.6 is 0 Å². The summed E-state index contributed by atoms with van der Waals surface area (Å²) < 4.78 is 17.0. The molecule has 0 saturated carbocycles. The fourth-order valence-electron chi connectivity index (χ4n) is 5.80. The summed E-state index contributed by atoms with van der Waals surface area (Å²) in [5.41, 5.74) is 2.27. The van der Waals surface area contributed by atoms with Crippen molar-refractivity contribution in [1.82, 2.24) is 0 Å². The highest BCUT2D eigenvalue weighted by molar-refractivity contribution is 6.32. The number of phenolic OH excluding ortho intramolecular Hbond substituents is 3.